The summed E-state index contributed by atoms with van der Waals surface area (Å²) >= 11 is 0. The van der Waals surface area contributed by atoms with Gasteiger partial charge in [-0.15, -0.1) is 0 Å². The summed E-state index contributed by atoms with van der Waals surface area (Å²) in [5.74, 6) is -0.401. The predicted molar refractivity (Wildman–Crippen MR) is 109 cm³/mol. The maximum absolute atomic E-state index is 13.5. The van der Waals surface area contributed by atoms with Gasteiger partial charge in [-0.3, -0.25) is 14.6 Å². The first kappa shape index (κ1) is 19.6. The smallest absolute Gasteiger partial charge is 0.254 e. The van der Waals surface area contributed by atoms with Gasteiger partial charge in [0, 0.05) is 38.2 Å². The second kappa shape index (κ2) is 8.33. The number of fused-ring (bicyclic) bond motifs is 1. The largest absolute Gasteiger partial charge is 0.383 e. The van der Waals surface area contributed by atoms with E-state index < -0.39 is 5.54 Å². The molecular weight excluding hydrogens is 366 g/mol. The number of pyridine rings is 1. The summed E-state index contributed by atoms with van der Waals surface area (Å²) in [5.41, 5.74) is 1.94. The van der Waals surface area contributed by atoms with E-state index in [1.807, 2.05) is 41.3 Å². The van der Waals surface area contributed by atoms with Gasteiger partial charge in [0.1, 0.15) is 0 Å². The molecule has 2 heterocycles. The van der Waals surface area contributed by atoms with Crippen molar-refractivity contribution in [2.45, 2.75) is 43.7 Å². The number of amides is 2. The van der Waals surface area contributed by atoms with Crippen molar-refractivity contribution in [1.82, 2.24) is 15.2 Å². The molecule has 0 bridgehead atoms. The number of ether oxygens (including phenoxy) is 1. The van der Waals surface area contributed by atoms with Gasteiger partial charge in [-0.05, 0) is 36.1 Å². The quantitative estimate of drug-likeness (QED) is 0.819. The van der Waals surface area contributed by atoms with Gasteiger partial charge >= 0.3 is 0 Å². The van der Waals surface area contributed by atoms with Crippen LogP contribution in [0.4, 0.5) is 0 Å². The van der Waals surface area contributed by atoms with Crippen LogP contribution in [0.3, 0.4) is 0 Å². The number of nitrogens with zero attached hydrogens (tertiary/aromatic N) is 2. The zero-order chi connectivity index (χ0) is 20.3. The van der Waals surface area contributed by atoms with Gasteiger partial charge in [-0.2, -0.15) is 0 Å². The summed E-state index contributed by atoms with van der Waals surface area (Å²) in [7, 11) is 1.64. The van der Waals surface area contributed by atoms with Crippen LogP contribution in [0.2, 0.25) is 0 Å². The van der Waals surface area contributed by atoms with E-state index in [1.54, 1.807) is 19.5 Å². The SMILES string of the molecule is COCCN1C(=O)c2ccccc2[C@H](C(=O)NCc2cccnc2)C12CCCC2. The first-order valence-corrected chi connectivity index (χ1v) is 10.2. The molecule has 1 spiro atoms. The van der Waals surface area contributed by atoms with Crippen molar-refractivity contribution in [3.8, 4) is 0 Å². The van der Waals surface area contributed by atoms with Gasteiger partial charge in [-0.25, -0.2) is 0 Å². The van der Waals surface area contributed by atoms with Gasteiger partial charge in [-0.1, -0.05) is 37.1 Å². The molecule has 1 fully saturated rings. The molecule has 0 radical (unpaired) electrons. The summed E-state index contributed by atoms with van der Waals surface area (Å²) in [5, 5.41) is 3.10. The Hall–Kier alpha value is -2.73. The fourth-order valence-corrected chi connectivity index (χ4v) is 4.97. The van der Waals surface area contributed by atoms with Crippen LogP contribution in [0.25, 0.3) is 0 Å². The van der Waals surface area contributed by atoms with E-state index in [0.717, 1.165) is 36.8 Å². The molecule has 1 N–H and O–H groups in total. The first-order valence-electron chi connectivity index (χ1n) is 10.2. The third-order valence-electron chi connectivity index (χ3n) is 6.26. The van der Waals surface area contributed by atoms with Crippen molar-refractivity contribution in [2.24, 2.45) is 0 Å². The zero-order valence-corrected chi connectivity index (χ0v) is 16.8. The molecule has 1 saturated carbocycles. The predicted octanol–water partition coefficient (Wildman–Crippen LogP) is 2.90. The molecule has 1 aliphatic heterocycles. The summed E-state index contributed by atoms with van der Waals surface area (Å²) in [6, 6.07) is 11.4. The van der Waals surface area contributed by atoms with Gasteiger partial charge < -0.3 is 15.0 Å². The molecule has 2 aliphatic rings. The van der Waals surface area contributed by atoms with E-state index >= 15 is 0 Å². The van der Waals surface area contributed by atoms with Crippen LogP contribution in [0.5, 0.6) is 0 Å². The van der Waals surface area contributed by atoms with Gasteiger partial charge in [0.05, 0.1) is 18.1 Å². The molecule has 4 rings (SSSR count). The van der Waals surface area contributed by atoms with Crippen LogP contribution in [0, 0.1) is 0 Å². The first-order chi connectivity index (χ1) is 14.2. The number of carbonyl (C=O) groups is 2. The van der Waals surface area contributed by atoms with Crippen molar-refractivity contribution < 1.29 is 14.3 Å². The Bertz CT molecular complexity index is 878. The molecule has 29 heavy (non-hydrogen) atoms. The van der Waals surface area contributed by atoms with Crippen LogP contribution in [0.1, 0.15) is 53.1 Å². The topological polar surface area (TPSA) is 71.5 Å². The van der Waals surface area contributed by atoms with Crippen molar-refractivity contribution in [2.75, 3.05) is 20.3 Å². The number of benzene rings is 1. The molecule has 0 saturated heterocycles. The van der Waals surface area contributed by atoms with Gasteiger partial charge in [0.25, 0.3) is 5.91 Å². The highest BCUT2D eigenvalue weighted by atomic mass is 16.5. The molecule has 1 aliphatic carbocycles. The van der Waals surface area contributed by atoms with Crippen LogP contribution in [0.15, 0.2) is 48.8 Å². The Morgan fingerprint density at radius 3 is 2.76 bits per heavy atom. The number of aromatic nitrogens is 1. The number of hydrogen-bond donors (Lipinski definition) is 1. The lowest BCUT2D eigenvalue weighted by atomic mass is 9.71. The lowest BCUT2D eigenvalue weighted by molar-refractivity contribution is -0.126. The monoisotopic (exact) mass is 393 g/mol. The van der Waals surface area contributed by atoms with Crippen LogP contribution in [-0.4, -0.2) is 47.5 Å². The minimum absolute atomic E-state index is 0.0101. The minimum Gasteiger partial charge on any atom is -0.383 e. The average molecular weight is 393 g/mol. The molecular formula is C23H27N3O3. The van der Waals surface area contributed by atoms with Gasteiger partial charge in [0.15, 0.2) is 0 Å². The molecule has 6 nitrogen and oxygen atoms in total. The van der Waals surface area contributed by atoms with Gasteiger partial charge in [0.2, 0.25) is 5.91 Å². The Morgan fingerprint density at radius 1 is 1.24 bits per heavy atom. The number of carbonyl (C=O) groups excluding carboxylic acids is 2. The summed E-state index contributed by atoms with van der Waals surface area (Å²) in [6.45, 7) is 1.38. The van der Waals surface area contributed by atoms with E-state index in [9.17, 15) is 9.59 Å². The maximum Gasteiger partial charge on any atom is 0.254 e. The molecule has 0 unspecified atom stereocenters. The van der Waals surface area contributed by atoms with E-state index in [-0.39, 0.29) is 17.7 Å². The Balaban J connectivity index is 1.71. The molecule has 1 aromatic carbocycles. The minimum atomic E-state index is -0.483. The van der Waals surface area contributed by atoms with Crippen molar-refractivity contribution in [1.29, 1.82) is 0 Å². The fraction of sp³-hybridized carbons (Fsp3) is 0.435. The zero-order valence-electron chi connectivity index (χ0n) is 16.8. The molecule has 152 valence electrons. The molecule has 2 amide bonds. The van der Waals surface area contributed by atoms with E-state index in [2.05, 4.69) is 10.3 Å². The lowest BCUT2D eigenvalue weighted by Gasteiger charge is -2.50. The summed E-state index contributed by atoms with van der Waals surface area (Å²) in [6.07, 6.45) is 7.19. The van der Waals surface area contributed by atoms with E-state index in [0.29, 0.717) is 25.3 Å². The summed E-state index contributed by atoms with van der Waals surface area (Å²) in [4.78, 5) is 32.9. The van der Waals surface area contributed by atoms with Crippen LogP contribution >= 0.6 is 0 Å². The lowest BCUT2D eigenvalue weighted by Crippen LogP contribution is -2.61. The Morgan fingerprint density at radius 2 is 2.03 bits per heavy atom. The summed E-state index contributed by atoms with van der Waals surface area (Å²) < 4.78 is 5.28. The normalized spacial score (nSPS) is 20.0. The van der Waals surface area contributed by atoms with Crippen molar-refractivity contribution in [3.63, 3.8) is 0 Å². The van der Waals surface area contributed by atoms with Crippen LogP contribution in [-0.2, 0) is 16.1 Å². The third kappa shape index (κ3) is 3.53. The highest BCUT2D eigenvalue weighted by Gasteiger charge is 2.55. The maximum atomic E-state index is 13.5. The number of hydrogen-bond acceptors (Lipinski definition) is 4. The number of rotatable bonds is 6. The fourth-order valence-electron chi connectivity index (χ4n) is 4.97. The molecule has 2 aromatic rings. The second-order valence-electron chi connectivity index (χ2n) is 7.86. The van der Waals surface area contributed by atoms with E-state index in [4.69, 9.17) is 4.74 Å². The van der Waals surface area contributed by atoms with Crippen molar-refractivity contribution >= 4 is 11.8 Å². The highest BCUT2D eigenvalue weighted by Crippen LogP contribution is 2.50. The molecule has 6 heteroatoms. The molecule has 1 aromatic heterocycles. The van der Waals surface area contributed by atoms with E-state index in [1.165, 1.54) is 0 Å². The Kier molecular flexibility index (Phi) is 5.62. The number of nitrogens with one attached hydrogen (secondary N) is 1. The Labute approximate surface area is 171 Å². The number of methoxy groups -OCH3 is 1. The highest BCUT2D eigenvalue weighted by molar-refractivity contribution is 6.02. The van der Waals surface area contributed by atoms with Crippen LogP contribution < -0.4 is 5.32 Å². The second-order valence-corrected chi connectivity index (χ2v) is 7.86. The third-order valence-corrected chi connectivity index (χ3v) is 6.26. The average Bonchev–Trinajstić information content (AvgIpc) is 3.23. The van der Waals surface area contributed by atoms with Crippen molar-refractivity contribution in [3.05, 3.63) is 65.5 Å². The molecule has 1 atom stereocenters. The standard InChI is InChI=1S/C23H27N3O3/c1-29-14-13-26-22(28)19-9-3-2-8-18(19)20(23(26)10-4-5-11-23)21(27)25-16-17-7-6-12-24-15-17/h2-3,6-9,12,15,20H,4-5,10-11,13-14,16H2,1H3,(H,25,27)/t20-/m1/s1.